The summed E-state index contributed by atoms with van der Waals surface area (Å²) in [6, 6.07) is 17.3. The summed E-state index contributed by atoms with van der Waals surface area (Å²) in [4.78, 5) is 18.4. The second kappa shape index (κ2) is 7.89. The molecule has 128 valence electrons. The van der Waals surface area contributed by atoms with Crippen LogP contribution < -0.4 is 5.32 Å². The molecule has 0 aliphatic heterocycles. The fourth-order valence-electron chi connectivity index (χ4n) is 2.45. The molecule has 0 saturated carbocycles. The lowest BCUT2D eigenvalue weighted by Crippen LogP contribution is -2.32. The molecule has 0 fully saturated rings. The van der Waals surface area contributed by atoms with Crippen LogP contribution in [0.25, 0.3) is 10.9 Å². The van der Waals surface area contributed by atoms with Crippen molar-refractivity contribution in [3.8, 4) is 0 Å². The van der Waals surface area contributed by atoms with Gasteiger partial charge in [-0.2, -0.15) is 0 Å². The van der Waals surface area contributed by atoms with E-state index < -0.39 is 0 Å². The fraction of sp³-hybridized carbons (Fsp3) is 0.200. The summed E-state index contributed by atoms with van der Waals surface area (Å²) in [5, 5.41) is 5.36. The topological polar surface area (TPSA) is 42.0 Å². The van der Waals surface area contributed by atoms with Gasteiger partial charge >= 0.3 is 0 Å². The summed E-state index contributed by atoms with van der Waals surface area (Å²) in [5.74, 6) is -0.0686. The van der Waals surface area contributed by atoms with Crippen molar-refractivity contribution in [1.29, 1.82) is 0 Å². The lowest BCUT2D eigenvalue weighted by atomic mass is 10.1. The van der Waals surface area contributed by atoms with Gasteiger partial charge in [0.05, 0.1) is 11.1 Å². The third kappa shape index (κ3) is 4.33. The van der Waals surface area contributed by atoms with Crippen molar-refractivity contribution in [3.05, 3.63) is 65.2 Å². The number of nitrogens with one attached hydrogen (secondary N) is 1. The number of para-hydroxylation sites is 1. The average Bonchev–Trinajstić information content (AvgIpc) is 2.61. The average molecular weight is 371 g/mol. The van der Waals surface area contributed by atoms with Crippen LogP contribution in [0.5, 0.6) is 0 Å². The summed E-state index contributed by atoms with van der Waals surface area (Å²) in [5.41, 5.74) is 1.46. The Kier molecular flexibility index (Phi) is 5.61. The highest BCUT2D eigenvalue weighted by Crippen LogP contribution is 2.31. The molecule has 1 N–H and O–H groups in total. The number of nitrogens with zero attached hydrogens (tertiary/aromatic N) is 1. The van der Waals surface area contributed by atoms with E-state index in [1.807, 2.05) is 61.5 Å². The highest BCUT2D eigenvalue weighted by atomic mass is 35.5. The van der Waals surface area contributed by atoms with E-state index in [2.05, 4.69) is 17.2 Å². The Balaban J connectivity index is 2.01. The fourth-order valence-corrected chi connectivity index (χ4v) is 3.60. The molecule has 0 aliphatic rings. The molecule has 0 spiro atoms. The van der Waals surface area contributed by atoms with Gasteiger partial charge in [-0.05, 0) is 43.7 Å². The monoisotopic (exact) mass is 370 g/mol. The highest BCUT2D eigenvalue weighted by Gasteiger charge is 2.15. The summed E-state index contributed by atoms with van der Waals surface area (Å²) >= 11 is 7.56. The minimum absolute atomic E-state index is 0.0686. The van der Waals surface area contributed by atoms with E-state index in [0.717, 1.165) is 27.2 Å². The number of pyridine rings is 1. The van der Waals surface area contributed by atoms with Gasteiger partial charge in [-0.25, -0.2) is 4.98 Å². The molecule has 0 bridgehead atoms. The summed E-state index contributed by atoms with van der Waals surface area (Å²) in [6.45, 7) is 4.05. The number of carbonyl (C=O) groups is 1. The molecule has 3 rings (SSSR count). The van der Waals surface area contributed by atoms with Crippen LogP contribution in [0, 0.1) is 0 Å². The second-order valence-electron chi connectivity index (χ2n) is 5.87. The van der Waals surface area contributed by atoms with E-state index in [1.165, 1.54) is 11.8 Å². The number of aromatic nitrogens is 1. The Morgan fingerprint density at radius 2 is 2.00 bits per heavy atom. The van der Waals surface area contributed by atoms with Crippen molar-refractivity contribution in [2.45, 2.75) is 36.2 Å². The summed E-state index contributed by atoms with van der Waals surface area (Å²) in [6.07, 6.45) is 0.888. The Hall–Kier alpha value is -2.04. The van der Waals surface area contributed by atoms with Crippen molar-refractivity contribution in [1.82, 2.24) is 10.3 Å². The maximum absolute atomic E-state index is 12.7. The van der Waals surface area contributed by atoms with E-state index in [9.17, 15) is 4.79 Å². The maximum Gasteiger partial charge on any atom is 0.252 e. The van der Waals surface area contributed by atoms with E-state index in [4.69, 9.17) is 11.6 Å². The molecule has 1 aromatic heterocycles. The summed E-state index contributed by atoms with van der Waals surface area (Å²) in [7, 11) is 0. The van der Waals surface area contributed by atoms with Gasteiger partial charge in [-0.15, -0.1) is 0 Å². The van der Waals surface area contributed by atoms with Crippen LogP contribution >= 0.6 is 23.4 Å². The van der Waals surface area contributed by atoms with E-state index in [-0.39, 0.29) is 11.9 Å². The van der Waals surface area contributed by atoms with Crippen molar-refractivity contribution in [2.24, 2.45) is 0 Å². The predicted octanol–water partition coefficient (Wildman–Crippen LogP) is 5.57. The standard InChI is InChI=1S/C20H19ClN2OS/c1-3-13(2)22-20(24)17-12-19(23-18-10-5-4-9-16(17)18)25-15-8-6-7-14(21)11-15/h4-13H,3H2,1-2H3,(H,22,24)/t13-/m1/s1. The predicted molar refractivity (Wildman–Crippen MR) is 105 cm³/mol. The first-order valence-corrected chi connectivity index (χ1v) is 9.40. The third-order valence-electron chi connectivity index (χ3n) is 3.95. The second-order valence-corrected chi connectivity index (χ2v) is 7.40. The van der Waals surface area contributed by atoms with E-state index in [1.54, 1.807) is 0 Å². The lowest BCUT2D eigenvalue weighted by Gasteiger charge is -2.14. The number of fused-ring (bicyclic) bond motifs is 1. The molecular formula is C20H19ClN2OS. The number of amides is 1. The minimum atomic E-state index is -0.0686. The van der Waals surface area contributed by atoms with Gasteiger partial charge in [0.1, 0.15) is 5.03 Å². The van der Waals surface area contributed by atoms with Crippen LogP contribution in [-0.4, -0.2) is 16.9 Å². The first-order valence-electron chi connectivity index (χ1n) is 8.21. The molecule has 1 amide bonds. The molecule has 0 unspecified atom stereocenters. The SMILES string of the molecule is CC[C@@H](C)NC(=O)c1cc(Sc2cccc(Cl)c2)nc2ccccc12. The molecule has 0 aliphatic carbocycles. The largest absolute Gasteiger partial charge is 0.350 e. The number of hydrogen-bond acceptors (Lipinski definition) is 3. The molecule has 3 nitrogen and oxygen atoms in total. The molecule has 0 saturated heterocycles. The molecule has 25 heavy (non-hydrogen) atoms. The van der Waals surface area contributed by atoms with E-state index >= 15 is 0 Å². The van der Waals surface area contributed by atoms with Gasteiger partial charge in [0.2, 0.25) is 0 Å². The van der Waals surface area contributed by atoms with Crippen LogP contribution in [-0.2, 0) is 0 Å². The van der Waals surface area contributed by atoms with Gasteiger partial charge in [-0.1, -0.05) is 54.6 Å². The van der Waals surface area contributed by atoms with Gasteiger partial charge < -0.3 is 5.32 Å². The highest BCUT2D eigenvalue weighted by molar-refractivity contribution is 7.99. The lowest BCUT2D eigenvalue weighted by molar-refractivity contribution is 0.0940. The number of benzene rings is 2. The third-order valence-corrected chi connectivity index (χ3v) is 5.09. The zero-order valence-corrected chi connectivity index (χ0v) is 15.7. The van der Waals surface area contributed by atoms with Gasteiger partial charge in [-0.3, -0.25) is 4.79 Å². The molecule has 3 aromatic rings. The van der Waals surface area contributed by atoms with Crippen molar-refractivity contribution >= 4 is 40.2 Å². The summed E-state index contributed by atoms with van der Waals surface area (Å²) < 4.78 is 0. The van der Waals surface area contributed by atoms with Gasteiger partial charge in [0.25, 0.3) is 5.91 Å². The Morgan fingerprint density at radius 1 is 1.20 bits per heavy atom. The van der Waals surface area contributed by atoms with Crippen LogP contribution in [0.1, 0.15) is 30.6 Å². The number of carbonyl (C=O) groups excluding carboxylic acids is 1. The zero-order valence-electron chi connectivity index (χ0n) is 14.1. The molecule has 0 radical (unpaired) electrons. The molecule has 5 heteroatoms. The smallest absolute Gasteiger partial charge is 0.252 e. The number of hydrogen-bond donors (Lipinski definition) is 1. The zero-order chi connectivity index (χ0) is 17.8. The van der Waals surface area contributed by atoms with Gasteiger partial charge in [0.15, 0.2) is 0 Å². The van der Waals surface area contributed by atoms with Crippen molar-refractivity contribution < 1.29 is 4.79 Å². The quantitative estimate of drug-likeness (QED) is 0.638. The molecule has 1 heterocycles. The van der Waals surface area contributed by atoms with Crippen LogP contribution in [0.15, 0.2) is 64.5 Å². The van der Waals surface area contributed by atoms with Crippen LogP contribution in [0.3, 0.4) is 0 Å². The Morgan fingerprint density at radius 3 is 2.76 bits per heavy atom. The van der Waals surface area contributed by atoms with Crippen molar-refractivity contribution in [3.63, 3.8) is 0 Å². The number of rotatable bonds is 5. The van der Waals surface area contributed by atoms with Gasteiger partial charge in [0, 0.05) is 21.3 Å². The Labute approximate surface area is 156 Å². The Bertz CT molecular complexity index is 913. The first kappa shape index (κ1) is 17.8. The molecule has 2 aromatic carbocycles. The van der Waals surface area contributed by atoms with E-state index in [0.29, 0.717) is 10.6 Å². The normalized spacial score (nSPS) is 12.1. The van der Waals surface area contributed by atoms with Crippen molar-refractivity contribution in [2.75, 3.05) is 0 Å². The number of halogens is 1. The van der Waals surface area contributed by atoms with Crippen LogP contribution in [0.2, 0.25) is 5.02 Å². The maximum atomic E-state index is 12.7. The molecular weight excluding hydrogens is 352 g/mol. The van der Waals surface area contributed by atoms with Crippen LogP contribution in [0.4, 0.5) is 0 Å². The minimum Gasteiger partial charge on any atom is -0.350 e. The molecule has 1 atom stereocenters. The first-order chi connectivity index (χ1) is 12.1.